The summed E-state index contributed by atoms with van der Waals surface area (Å²) in [6, 6.07) is 13.2. The highest BCUT2D eigenvalue weighted by Crippen LogP contribution is 2.28. The average Bonchev–Trinajstić information content (AvgIpc) is 2.83. The van der Waals surface area contributed by atoms with Crippen molar-refractivity contribution in [2.24, 2.45) is 0 Å². The van der Waals surface area contributed by atoms with Crippen LogP contribution < -0.4 is 0 Å². The summed E-state index contributed by atoms with van der Waals surface area (Å²) in [5, 5.41) is -0.438. The lowest BCUT2D eigenvalue weighted by molar-refractivity contribution is 0.476. The number of imidazole rings is 1. The van der Waals surface area contributed by atoms with Gasteiger partial charge >= 0.3 is 10.1 Å². The zero-order valence-corrected chi connectivity index (χ0v) is 11.5. The molecule has 2 aromatic carbocycles. The van der Waals surface area contributed by atoms with E-state index in [2.05, 4.69) is 9.97 Å². The van der Waals surface area contributed by atoms with E-state index in [4.69, 9.17) is 4.55 Å². The molecule has 0 saturated heterocycles. The minimum atomic E-state index is -4.34. The molecule has 0 aliphatic carbocycles. The predicted molar refractivity (Wildman–Crippen MR) is 76.1 cm³/mol. The molecule has 102 valence electrons. The van der Waals surface area contributed by atoms with Gasteiger partial charge in [0.15, 0.2) is 0 Å². The normalized spacial score (nSPS) is 11.9. The van der Waals surface area contributed by atoms with Crippen LogP contribution in [0.2, 0.25) is 0 Å². The van der Waals surface area contributed by atoms with E-state index in [0.717, 1.165) is 16.7 Å². The number of benzene rings is 2. The Morgan fingerprint density at radius 2 is 1.80 bits per heavy atom. The molecule has 5 nitrogen and oxygen atoms in total. The Kier molecular flexibility index (Phi) is 2.84. The summed E-state index contributed by atoms with van der Waals surface area (Å²) in [6.07, 6.45) is 0. The highest BCUT2D eigenvalue weighted by atomic mass is 32.2. The molecule has 1 aromatic heterocycles. The van der Waals surface area contributed by atoms with E-state index in [1.807, 2.05) is 43.3 Å². The average molecular weight is 288 g/mol. The number of aromatic amines is 1. The number of aromatic nitrogens is 2. The van der Waals surface area contributed by atoms with Gasteiger partial charge in [-0.05, 0) is 18.6 Å². The van der Waals surface area contributed by atoms with Gasteiger partial charge in [0.1, 0.15) is 0 Å². The van der Waals surface area contributed by atoms with Crippen molar-refractivity contribution in [3.8, 4) is 11.1 Å². The Morgan fingerprint density at radius 1 is 1.10 bits per heavy atom. The fourth-order valence-electron chi connectivity index (χ4n) is 2.10. The predicted octanol–water partition coefficient (Wildman–Crippen LogP) is 2.79. The minimum absolute atomic E-state index is 0.438. The molecule has 3 aromatic rings. The van der Waals surface area contributed by atoms with E-state index < -0.39 is 15.3 Å². The summed E-state index contributed by atoms with van der Waals surface area (Å²) in [5.74, 6) is 0. The van der Waals surface area contributed by atoms with Gasteiger partial charge in [-0.25, -0.2) is 4.98 Å². The summed E-state index contributed by atoms with van der Waals surface area (Å²) < 4.78 is 31.4. The van der Waals surface area contributed by atoms with Crippen LogP contribution in [-0.4, -0.2) is 22.9 Å². The molecule has 0 bridgehead atoms. The molecule has 0 atom stereocenters. The van der Waals surface area contributed by atoms with Gasteiger partial charge in [0, 0.05) is 5.56 Å². The monoisotopic (exact) mass is 288 g/mol. The van der Waals surface area contributed by atoms with E-state index in [1.54, 1.807) is 6.07 Å². The van der Waals surface area contributed by atoms with Gasteiger partial charge in [0.25, 0.3) is 5.16 Å². The van der Waals surface area contributed by atoms with Crippen molar-refractivity contribution in [1.29, 1.82) is 0 Å². The smallest absolute Gasteiger partial charge is 0.327 e. The number of H-pyrrole nitrogens is 1. The molecule has 0 spiro atoms. The molecular weight excluding hydrogens is 276 g/mol. The Balaban J connectivity index is 2.26. The molecule has 6 heteroatoms. The lowest BCUT2D eigenvalue weighted by Gasteiger charge is -2.02. The van der Waals surface area contributed by atoms with Gasteiger partial charge in [-0.2, -0.15) is 8.42 Å². The first-order valence-corrected chi connectivity index (χ1v) is 7.42. The third-order valence-electron chi connectivity index (χ3n) is 3.10. The molecule has 0 radical (unpaired) electrons. The van der Waals surface area contributed by atoms with Crippen LogP contribution in [-0.2, 0) is 10.1 Å². The Morgan fingerprint density at radius 3 is 2.45 bits per heavy atom. The number of hydrogen-bond acceptors (Lipinski definition) is 3. The fraction of sp³-hybridized carbons (Fsp3) is 0.0714. The highest BCUT2D eigenvalue weighted by Gasteiger charge is 2.17. The Bertz CT molecular complexity index is 880. The Hall–Kier alpha value is -2.18. The van der Waals surface area contributed by atoms with Crippen molar-refractivity contribution in [2.45, 2.75) is 12.1 Å². The van der Waals surface area contributed by atoms with E-state index >= 15 is 0 Å². The maximum absolute atomic E-state index is 11.2. The summed E-state index contributed by atoms with van der Waals surface area (Å²) in [5.41, 5.74) is 3.98. The van der Waals surface area contributed by atoms with Crippen LogP contribution in [0.5, 0.6) is 0 Å². The van der Waals surface area contributed by atoms with E-state index in [0.29, 0.717) is 11.0 Å². The maximum atomic E-state index is 11.2. The number of para-hydroxylation sites is 1. The second-order valence-electron chi connectivity index (χ2n) is 4.58. The molecule has 0 aliphatic rings. The lowest BCUT2D eigenvalue weighted by atomic mass is 10.0. The van der Waals surface area contributed by atoms with E-state index in [-0.39, 0.29) is 0 Å². The standard InChI is InChI=1S/C14H12N2O3S/c1-9-5-7-10(8-6-9)11-3-2-4-12-13(11)16-14(15-12)20(17,18)19/h2-8H,1H3,(H,15,16)(H,17,18,19). The van der Waals surface area contributed by atoms with Crippen molar-refractivity contribution < 1.29 is 13.0 Å². The number of hydrogen-bond donors (Lipinski definition) is 2. The quantitative estimate of drug-likeness (QED) is 0.710. The van der Waals surface area contributed by atoms with E-state index in [1.165, 1.54) is 0 Å². The molecule has 1 heterocycles. The van der Waals surface area contributed by atoms with E-state index in [9.17, 15) is 8.42 Å². The zero-order valence-electron chi connectivity index (χ0n) is 10.7. The lowest BCUT2D eigenvalue weighted by Crippen LogP contribution is -1.99. The number of nitrogens with one attached hydrogen (secondary N) is 1. The van der Waals surface area contributed by atoms with Crippen LogP contribution in [0.3, 0.4) is 0 Å². The van der Waals surface area contributed by atoms with Crippen molar-refractivity contribution >= 4 is 21.2 Å². The third kappa shape index (κ3) is 2.19. The van der Waals surface area contributed by atoms with Gasteiger partial charge in [0.2, 0.25) is 0 Å². The number of nitrogens with zero attached hydrogens (tertiary/aromatic N) is 1. The molecular formula is C14H12N2O3S. The molecule has 3 rings (SSSR count). The van der Waals surface area contributed by atoms with Crippen LogP contribution in [0.4, 0.5) is 0 Å². The first kappa shape index (κ1) is 12.8. The summed E-state index contributed by atoms with van der Waals surface area (Å²) >= 11 is 0. The number of rotatable bonds is 2. The van der Waals surface area contributed by atoms with Gasteiger partial charge < -0.3 is 4.98 Å². The van der Waals surface area contributed by atoms with Gasteiger partial charge in [-0.3, -0.25) is 4.55 Å². The van der Waals surface area contributed by atoms with Crippen molar-refractivity contribution in [2.75, 3.05) is 0 Å². The molecule has 0 saturated carbocycles. The number of aryl methyl sites for hydroxylation is 1. The summed E-state index contributed by atoms with van der Waals surface area (Å²) in [7, 11) is -4.34. The second-order valence-corrected chi connectivity index (χ2v) is 5.92. The summed E-state index contributed by atoms with van der Waals surface area (Å²) in [6.45, 7) is 2.00. The minimum Gasteiger partial charge on any atom is -0.327 e. The molecule has 0 amide bonds. The van der Waals surface area contributed by atoms with Crippen molar-refractivity contribution in [3.05, 3.63) is 48.0 Å². The molecule has 2 N–H and O–H groups in total. The molecule has 0 unspecified atom stereocenters. The van der Waals surface area contributed by atoms with Crippen molar-refractivity contribution in [3.63, 3.8) is 0 Å². The third-order valence-corrected chi connectivity index (χ3v) is 3.78. The van der Waals surface area contributed by atoms with Crippen molar-refractivity contribution in [1.82, 2.24) is 9.97 Å². The molecule has 0 aliphatic heterocycles. The SMILES string of the molecule is Cc1ccc(-c2cccc3[nH]c(S(=O)(=O)O)nc23)cc1. The van der Waals surface area contributed by atoms with Gasteiger partial charge in [-0.1, -0.05) is 42.0 Å². The highest BCUT2D eigenvalue weighted by molar-refractivity contribution is 7.85. The maximum Gasteiger partial charge on any atom is 0.328 e. The van der Waals surface area contributed by atoms with Crippen LogP contribution in [0, 0.1) is 6.92 Å². The van der Waals surface area contributed by atoms with Gasteiger partial charge in [0.05, 0.1) is 11.0 Å². The largest absolute Gasteiger partial charge is 0.328 e. The zero-order chi connectivity index (χ0) is 14.3. The molecule has 20 heavy (non-hydrogen) atoms. The first-order chi connectivity index (χ1) is 9.45. The Labute approximate surface area is 116 Å². The van der Waals surface area contributed by atoms with Gasteiger partial charge in [-0.15, -0.1) is 0 Å². The van der Waals surface area contributed by atoms with Crippen LogP contribution >= 0.6 is 0 Å². The first-order valence-electron chi connectivity index (χ1n) is 5.98. The van der Waals surface area contributed by atoms with Crippen LogP contribution in [0.1, 0.15) is 5.56 Å². The van der Waals surface area contributed by atoms with Crippen LogP contribution in [0.25, 0.3) is 22.2 Å². The molecule has 0 fully saturated rings. The van der Waals surface area contributed by atoms with Crippen LogP contribution in [0.15, 0.2) is 47.6 Å². The fourth-order valence-corrected chi connectivity index (χ4v) is 2.54. The topological polar surface area (TPSA) is 83.0 Å². The summed E-state index contributed by atoms with van der Waals surface area (Å²) in [4.78, 5) is 6.60. The number of fused-ring (bicyclic) bond motifs is 1. The second kappa shape index (κ2) is 4.43.